The van der Waals surface area contributed by atoms with Gasteiger partial charge in [-0.1, -0.05) is 24.3 Å². The van der Waals surface area contributed by atoms with Gasteiger partial charge in [0.25, 0.3) is 0 Å². The molecule has 4 heteroatoms. The number of ether oxygens (including phenoxy) is 2. The van der Waals surface area contributed by atoms with Crippen LogP contribution in [0.15, 0.2) is 24.3 Å². The molecule has 1 amide bonds. The number of rotatable bonds is 7. The third kappa shape index (κ3) is 6.68. The predicted octanol–water partition coefficient (Wildman–Crippen LogP) is 2.65. The SMILES string of the molecule is CCOCc1ccccc1CNC(=O)COC(C)(C)C. The molecule has 1 N–H and O–H groups in total. The lowest BCUT2D eigenvalue weighted by molar-refractivity contribution is -0.130. The Bertz CT molecular complexity index is 424. The zero-order chi connectivity index (χ0) is 15.0. The van der Waals surface area contributed by atoms with Crippen molar-refractivity contribution in [1.29, 1.82) is 0 Å². The number of amides is 1. The molecule has 0 aliphatic carbocycles. The van der Waals surface area contributed by atoms with Crippen LogP contribution in [-0.4, -0.2) is 24.7 Å². The van der Waals surface area contributed by atoms with Crippen molar-refractivity contribution >= 4 is 5.91 Å². The largest absolute Gasteiger partial charge is 0.377 e. The highest BCUT2D eigenvalue weighted by atomic mass is 16.5. The van der Waals surface area contributed by atoms with E-state index in [0.717, 1.165) is 11.1 Å². The first kappa shape index (κ1) is 16.7. The van der Waals surface area contributed by atoms with E-state index in [1.54, 1.807) is 0 Å². The van der Waals surface area contributed by atoms with Crippen molar-refractivity contribution in [3.8, 4) is 0 Å². The smallest absolute Gasteiger partial charge is 0.246 e. The van der Waals surface area contributed by atoms with Gasteiger partial charge >= 0.3 is 0 Å². The van der Waals surface area contributed by atoms with Crippen LogP contribution in [0.3, 0.4) is 0 Å². The summed E-state index contributed by atoms with van der Waals surface area (Å²) in [7, 11) is 0. The Balaban J connectivity index is 2.46. The summed E-state index contributed by atoms with van der Waals surface area (Å²) in [4.78, 5) is 11.7. The Kier molecular flexibility index (Phi) is 6.68. The molecule has 4 nitrogen and oxygen atoms in total. The van der Waals surface area contributed by atoms with Crippen molar-refractivity contribution in [2.75, 3.05) is 13.2 Å². The lowest BCUT2D eigenvalue weighted by atomic mass is 10.1. The Morgan fingerprint density at radius 3 is 2.45 bits per heavy atom. The highest BCUT2D eigenvalue weighted by Gasteiger charge is 2.13. The molecular weight excluding hydrogens is 254 g/mol. The molecule has 1 aromatic rings. The summed E-state index contributed by atoms with van der Waals surface area (Å²) in [6.07, 6.45) is 0. The maximum atomic E-state index is 11.7. The number of carbonyl (C=O) groups excluding carboxylic acids is 1. The number of benzene rings is 1. The van der Waals surface area contributed by atoms with Crippen LogP contribution >= 0.6 is 0 Å². The summed E-state index contributed by atoms with van der Waals surface area (Å²) < 4.78 is 10.9. The fraction of sp³-hybridized carbons (Fsp3) is 0.562. The van der Waals surface area contributed by atoms with Gasteiger partial charge in [-0.3, -0.25) is 4.79 Å². The van der Waals surface area contributed by atoms with Crippen molar-refractivity contribution in [3.05, 3.63) is 35.4 Å². The Morgan fingerprint density at radius 1 is 1.20 bits per heavy atom. The summed E-state index contributed by atoms with van der Waals surface area (Å²) in [6.45, 7) is 9.58. The molecule has 0 aromatic heterocycles. The van der Waals surface area contributed by atoms with Gasteiger partial charge in [0.1, 0.15) is 6.61 Å². The first-order valence-electron chi connectivity index (χ1n) is 6.97. The minimum Gasteiger partial charge on any atom is -0.377 e. The van der Waals surface area contributed by atoms with Crippen LogP contribution in [0, 0.1) is 0 Å². The molecule has 0 fully saturated rings. The van der Waals surface area contributed by atoms with Crippen molar-refractivity contribution in [1.82, 2.24) is 5.32 Å². The quantitative estimate of drug-likeness (QED) is 0.834. The Hall–Kier alpha value is -1.39. The fourth-order valence-corrected chi connectivity index (χ4v) is 1.61. The summed E-state index contributed by atoms with van der Waals surface area (Å²) in [5, 5.41) is 2.87. The van der Waals surface area contributed by atoms with Gasteiger partial charge in [0, 0.05) is 13.2 Å². The summed E-state index contributed by atoms with van der Waals surface area (Å²) in [5.41, 5.74) is 1.88. The van der Waals surface area contributed by atoms with Crippen LogP contribution in [0.1, 0.15) is 38.8 Å². The van der Waals surface area contributed by atoms with E-state index >= 15 is 0 Å². The molecular formula is C16H25NO3. The van der Waals surface area contributed by atoms with Gasteiger partial charge in [-0.15, -0.1) is 0 Å². The summed E-state index contributed by atoms with van der Waals surface area (Å²) in [6, 6.07) is 7.95. The van der Waals surface area contributed by atoms with Crippen molar-refractivity contribution in [3.63, 3.8) is 0 Å². The van der Waals surface area contributed by atoms with E-state index in [1.165, 1.54) is 0 Å². The molecule has 0 saturated heterocycles. The van der Waals surface area contributed by atoms with E-state index in [-0.39, 0.29) is 18.1 Å². The Labute approximate surface area is 121 Å². The molecule has 0 radical (unpaired) electrons. The maximum absolute atomic E-state index is 11.7. The molecule has 0 bridgehead atoms. The first-order valence-corrected chi connectivity index (χ1v) is 6.97. The topological polar surface area (TPSA) is 47.6 Å². The number of carbonyl (C=O) groups is 1. The lowest BCUT2D eigenvalue weighted by Gasteiger charge is -2.19. The molecule has 0 atom stereocenters. The van der Waals surface area contributed by atoms with Gasteiger partial charge in [-0.25, -0.2) is 0 Å². The third-order valence-corrected chi connectivity index (χ3v) is 2.69. The van der Waals surface area contributed by atoms with E-state index in [9.17, 15) is 4.79 Å². The number of nitrogens with one attached hydrogen (secondary N) is 1. The minimum atomic E-state index is -0.301. The average Bonchev–Trinajstić information content (AvgIpc) is 2.40. The van der Waals surface area contributed by atoms with Crippen LogP contribution in [0.2, 0.25) is 0 Å². The molecule has 0 saturated carbocycles. The summed E-state index contributed by atoms with van der Waals surface area (Å²) >= 11 is 0. The molecule has 20 heavy (non-hydrogen) atoms. The second kappa shape index (κ2) is 8.02. The van der Waals surface area contributed by atoms with E-state index < -0.39 is 0 Å². The zero-order valence-corrected chi connectivity index (χ0v) is 12.9. The van der Waals surface area contributed by atoms with Gasteiger partial charge < -0.3 is 14.8 Å². The van der Waals surface area contributed by atoms with Gasteiger partial charge in [-0.05, 0) is 38.8 Å². The van der Waals surface area contributed by atoms with Crippen LogP contribution in [0.5, 0.6) is 0 Å². The zero-order valence-electron chi connectivity index (χ0n) is 12.9. The van der Waals surface area contributed by atoms with Crippen LogP contribution in [0.25, 0.3) is 0 Å². The normalized spacial score (nSPS) is 11.4. The van der Waals surface area contributed by atoms with Crippen LogP contribution < -0.4 is 5.32 Å². The number of hydrogen-bond acceptors (Lipinski definition) is 3. The van der Waals surface area contributed by atoms with E-state index in [1.807, 2.05) is 52.0 Å². The molecule has 0 heterocycles. The fourth-order valence-electron chi connectivity index (χ4n) is 1.61. The third-order valence-electron chi connectivity index (χ3n) is 2.69. The monoisotopic (exact) mass is 279 g/mol. The van der Waals surface area contributed by atoms with Gasteiger partial charge in [0.15, 0.2) is 0 Å². The van der Waals surface area contributed by atoms with Crippen LogP contribution in [-0.2, 0) is 27.4 Å². The molecule has 0 unspecified atom stereocenters. The first-order chi connectivity index (χ1) is 9.42. The van der Waals surface area contributed by atoms with Crippen molar-refractivity contribution < 1.29 is 14.3 Å². The number of hydrogen-bond donors (Lipinski definition) is 1. The highest BCUT2D eigenvalue weighted by Crippen LogP contribution is 2.10. The standard InChI is InChI=1S/C16H25NO3/c1-5-19-11-14-9-7-6-8-13(14)10-17-15(18)12-20-16(2,3)4/h6-9H,5,10-12H2,1-4H3,(H,17,18). The highest BCUT2D eigenvalue weighted by molar-refractivity contribution is 5.77. The molecule has 0 aliphatic heterocycles. The molecule has 112 valence electrons. The average molecular weight is 279 g/mol. The van der Waals surface area contributed by atoms with E-state index in [0.29, 0.717) is 19.8 Å². The van der Waals surface area contributed by atoms with Gasteiger partial charge in [-0.2, -0.15) is 0 Å². The summed E-state index contributed by atoms with van der Waals surface area (Å²) in [5.74, 6) is -0.105. The molecule has 1 rings (SSSR count). The molecule has 0 aliphatic rings. The van der Waals surface area contributed by atoms with E-state index in [4.69, 9.17) is 9.47 Å². The molecule has 0 spiro atoms. The predicted molar refractivity (Wildman–Crippen MR) is 79.3 cm³/mol. The van der Waals surface area contributed by atoms with Crippen molar-refractivity contribution in [2.45, 2.75) is 46.4 Å². The van der Waals surface area contributed by atoms with Gasteiger partial charge in [0.2, 0.25) is 5.91 Å². The lowest BCUT2D eigenvalue weighted by Crippen LogP contribution is -2.32. The molecule has 1 aromatic carbocycles. The second-order valence-electron chi connectivity index (χ2n) is 5.58. The van der Waals surface area contributed by atoms with Crippen molar-refractivity contribution in [2.24, 2.45) is 0 Å². The minimum absolute atomic E-state index is 0.0805. The Morgan fingerprint density at radius 2 is 1.85 bits per heavy atom. The second-order valence-corrected chi connectivity index (χ2v) is 5.58. The van der Waals surface area contributed by atoms with Gasteiger partial charge in [0.05, 0.1) is 12.2 Å². The van der Waals surface area contributed by atoms with Crippen LogP contribution in [0.4, 0.5) is 0 Å². The maximum Gasteiger partial charge on any atom is 0.246 e. The van der Waals surface area contributed by atoms with E-state index in [2.05, 4.69) is 5.32 Å².